The van der Waals surface area contributed by atoms with Crippen molar-refractivity contribution in [2.24, 2.45) is 0 Å². The molecule has 0 radical (unpaired) electrons. The summed E-state index contributed by atoms with van der Waals surface area (Å²) >= 11 is 0. The summed E-state index contributed by atoms with van der Waals surface area (Å²) in [6.45, 7) is 0.573. The van der Waals surface area contributed by atoms with Gasteiger partial charge in [-0.15, -0.1) is 0 Å². The average Bonchev–Trinajstić information content (AvgIpc) is 2.83. The smallest absolute Gasteiger partial charge is 0.164 e. The lowest BCUT2D eigenvalue weighted by Crippen LogP contribution is -2.32. The molecule has 1 aliphatic carbocycles. The van der Waals surface area contributed by atoms with Gasteiger partial charge in [-0.2, -0.15) is 0 Å². The molecule has 33 heavy (non-hydrogen) atoms. The summed E-state index contributed by atoms with van der Waals surface area (Å²) < 4.78 is 17.9. The molecule has 2 heterocycles. The number of hydrogen-bond acceptors (Lipinski definition) is 6. The maximum absolute atomic E-state index is 11.2. The van der Waals surface area contributed by atoms with Crippen LogP contribution in [0.4, 0.5) is 0 Å². The number of rotatable bonds is 2. The van der Waals surface area contributed by atoms with Gasteiger partial charge in [-0.3, -0.25) is 0 Å². The Balaban J connectivity index is 1.46. The predicted molar refractivity (Wildman–Crippen MR) is 123 cm³/mol. The Morgan fingerprint density at radius 2 is 1.85 bits per heavy atom. The number of methoxy groups -OCH3 is 1. The van der Waals surface area contributed by atoms with E-state index in [9.17, 15) is 15.3 Å². The second-order valence-corrected chi connectivity index (χ2v) is 8.99. The number of ether oxygens (including phenoxy) is 3. The van der Waals surface area contributed by atoms with Gasteiger partial charge in [0.05, 0.1) is 19.8 Å². The number of aryl methyl sites for hydroxylation is 1. The fourth-order valence-corrected chi connectivity index (χ4v) is 5.62. The van der Waals surface area contributed by atoms with Crippen molar-refractivity contribution in [2.45, 2.75) is 44.3 Å². The normalized spacial score (nSPS) is 20.4. The highest BCUT2D eigenvalue weighted by Crippen LogP contribution is 2.50. The van der Waals surface area contributed by atoms with Crippen LogP contribution in [0.2, 0.25) is 0 Å². The third-order valence-electron chi connectivity index (χ3n) is 7.11. The Kier molecular flexibility index (Phi) is 4.66. The third-order valence-corrected chi connectivity index (χ3v) is 7.11. The predicted octanol–water partition coefficient (Wildman–Crippen LogP) is 4.23. The van der Waals surface area contributed by atoms with Crippen molar-refractivity contribution >= 4 is 0 Å². The van der Waals surface area contributed by atoms with Gasteiger partial charge in [0.2, 0.25) is 0 Å². The van der Waals surface area contributed by atoms with E-state index in [1.54, 1.807) is 19.2 Å². The summed E-state index contributed by atoms with van der Waals surface area (Å²) in [4.78, 5) is 0. The maximum atomic E-state index is 11.2. The third kappa shape index (κ3) is 3.12. The van der Waals surface area contributed by atoms with Gasteiger partial charge in [-0.25, -0.2) is 0 Å². The quantitative estimate of drug-likeness (QED) is 0.546. The molecule has 6 rings (SSSR count). The Morgan fingerprint density at radius 3 is 2.70 bits per heavy atom. The first kappa shape index (κ1) is 20.2. The van der Waals surface area contributed by atoms with Gasteiger partial charge in [-0.05, 0) is 60.6 Å². The molecule has 3 aliphatic rings. The Hall–Kier alpha value is -3.38. The molecule has 0 aromatic heterocycles. The molecule has 2 atom stereocenters. The van der Waals surface area contributed by atoms with Crippen LogP contribution in [0.25, 0.3) is 11.1 Å². The van der Waals surface area contributed by atoms with Crippen LogP contribution >= 0.6 is 0 Å². The fourth-order valence-electron chi connectivity index (χ4n) is 5.62. The minimum atomic E-state index is -0.730. The topological polar surface area (TPSA) is 88.4 Å². The minimum Gasteiger partial charge on any atom is -0.508 e. The van der Waals surface area contributed by atoms with Crippen LogP contribution in [-0.2, 0) is 25.7 Å². The number of phenols is 2. The molecular weight excluding hydrogens is 420 g/mol. The van der Waals surface area contributed by atoms with Crippen molar-refractivity contribution in [3.05, 3.63) is 64.2 Å². The second kappa shape index (κ2) is 7.59. The number of aliphatic hydroxyl groups is 1. The first-order valence-electron chi connectivity index (χ1n) is 11.4. The van der Waals surface area contributed by atoms with E-state index < -0.39 is 12.2 Å². The van der Waals surface area contributed by atoms with Crippen LogP contribution in [0.5, 0.6) is 28.7 Å². The molecule has 0 bridgehead atoms. The maximum Gasteiger partial charge on any atom is 0.164 e. The van der Waals surface area contributed by atoms with E-state index >= 15 is 0 Å². The molecule has 3 N–H and O–H groups in total. The van der Waals surface area contributed by atoms with E-state index in [0.29, 0.717) is 18.8 Å². The second-order valence-electron chi connectivity index (χ2n) is 8.99. The van der Waals surface area contributed by atoms with Gasteiger partial charge in [0.25, 0.3) is 0 Å². The van der Waals surface area contributed by atoms with Crippen molar-refractivity contribution < 1.29 is 29.5 Å². The van der Waals surface area contributed by atoms with Gasteiger partial charge >= 0.3 is 0 Å². The van der Waals surface area contributed by atoms with Crippen LogP contribution in [0.1, 0.15) is 40.3 Å². The van der Waals surface area contributed by atoms with Crippen LogP contribution in [0.3, 0.4) is 0 Å². The van der Waals surface area contributed by atoms with Crippen LogP contribution < -0.4 is 14.2 Å². The molecule has 0 fully saturated rings. The molecule has 2 unspecified atom stereocenters. The zero-order chi connectivity index (χ0) is 22.7. The highest BCUT2D eigenvalue weighted by atomic mass is 16.5. The van der Waals surface area contributed by atoms with Crippen molar-refractivity contribution in [1.82, 2.24) is 0 Å². The first-order valence-corrected chi connectivity index (χ1v) is 11.4. The molecule has 170 valence electrons. The van der Waals surface area contributed by atoms with Crippen molar-refractivity contribution in [1.29, 1.82) is 0 Å². The summed E-state index contributed by atoms with van der Waals surface area (Å²) in [6, 6.07) is 10.8. The summed E-state index contributed by atoms with van der Waals surface area (Å²) in [5.74, 6) is 2.34. The highest BCUT2D eigenvalue weighted by molar-refractivity contribution is 5.82. The average molecular weight is 446 g/mol. The minimum absolute atomic E-state index is 0.125. The van der Waals surface area contributed by atoms with Gasteiger partial charge < -0.3 is 29.5 Å². The zero-order valence-corrected chi connectivity index (χ0v) is 18.4. The standard InChI is InChI=1S/C27H26O6/c1-31-24-13-23-20(17-6-4-14-11-15(28)5-7-16(14)25(17)24)12-22(30)27(33-23)19-8-9-21(29)26-18(19)3-2-10-32-26/h5,7-9,11,13,22,27-30H,2-4,6,10,12H2,1H3. The van der Waals surface area contributed by atoms with E-state index in [1.165, 1.54) is 0 Å². The summed E-state index contributed by atoms with van der Waals surface area (Å²) in [5.41, 5.74) is 7.07. The fraction of sp³-hybridized carbons (Fsp3) is 0.333. The molecular formula is C27H26O6. The van der Waals surface area contributed by atoms with Crippen LogP contribution in [0, 0.1) is 0 Å². The molecule has 2 aliphatic heterocycles. The van der Waals surface area contributed by atoms with E-state index in [4.69, 9.17) is 14.2 Å². The lowest BCUT2D eigenvalue weighted by molar-refractivity contribution is 0.0194. The first-order chi connectivity index (χ1) is 16.0. The van der Waals surface area contributed by atoms with E-state index in [0.717, 1.165) is 76.1 Å². The van der Waals surface area contributed by atoms with Gasteiger partial charge in [-0.1, -0.05) is 12.1 Å². The molecule has 6 heteroatoms. The lowest BCUT2D eigenvalue weighted by Gasteiger charge is -2.36. The zero-order valence-electron chi connectivity index (χ0n) is 18.4. The lowest BCUT2D eigenvalue weighted by atomic mass is 9.79. The Labute approximate surface area is 192 Å². The van der Waals surface area contributed by atoms with Crippen LogP contribution in [-0.4, -0.2) is 35.1 Å². The highest BCUT2D eigenvalue weighted by Gasteiger charge is 2.37. The summed E-state index contributed by atoms with van der Waals surface area (Å²) in [5, 5.41) is 31.4. The van der Waals surface area contributed by atoms with Crippen molar-refractivity contribution in [2.75, 3.05) is 13.7 Å². The number of hydrogen-bond donors (Lipinski definition) is 3. The number of fused-ring (bicyclic) bond motifs is 6. The molecule has 3 aromatic rings. The van der Waals surface area contributed by atoms with Crippen LogP contribution in [0.15, 0.2) is 36.4 Å². The SMILES string of the molecule is COc1cc2c(c3c1-c1ccc(O)cc1CC3)CC(O)C(c1ccc(O)c3c1CCCO3)O2. The summed E-state index contributed by atoms with van der Waals surface area (Å²) in [7, 11) is 1.65. The van der Waals surface area contributed by atoms with Gasteiger partial charge in [0.1, 0.15) is 17.2 Å². The largest absolute Gasteiger partial charge is 0.508 e. The Bertz CT molecular complexity index is 1260. The Morgan fingerprint density at radius 1 is 0.970 bits per heavy atom. The summed E-state index contributed by atoms with van der Waals surface area (Å²) in [6.07, 6.45) is 2.41. The number of aliphatic hydroxyl groups excluding tert-OH is 1. The number of benzene rings is 3. The van der Waals surface area contributed by atoms with Gasteiger partial charge in [0, 0.05) is 34.7 Å². The van der Waals surface area contributed by atoms with Crippen molar-refractivity contribution in [3.63, 3.8) is 0 Å². The van der Waals surface area contributed by atoms with E-state index in [-0.39, 0.29) is 11.5 Å². The van der Waals surface area contributed by atoms with Gasteiger partial charge in [0.15, 0.2) is 17.6 Å². The molecule has 0 amide bonds. The monoisotopic (exact) mass is 446 g/mol. The molecule has 6 nitrogen and oxygen atoms in total. The molecule has 0 saturated heterocycles. The van der Waals surface area contributed by atoms with E-state index in [1.807, 2.05) is 24.3 Å². The number of aromatic hydroxyl groups is 2. The molecule has 3 aromatic carbocycles. The van der Waals surface area contributed by atoms with E-state index in [2.05, 4.69) is 0 Å². The molecule has 0 saturated carbocycles. The molecule has 0 spiro atoms. The number of phenolic OH excluding ortho intramolecular Hbond substituents is 2. The van der Waals surface area contributed by atoms with Crippen molar-refractivity contribution in [3.8, 4) is 39.9 Å².